The van der Waals surface area contributed by atoms with Crippen LogP contribution in [0, 0.1) is 12.3 Å². The number of aliphatic hydroxyl groups is 1. The molecule has 62 valence electrons. The molecule has 0 bridgehead atoms. The molecule has 12 heavy (non-hydrogen) atoms. The number of halogens is 1. The molecule has 0 aliphatic heterocycles. The highest BCUT2D eigenvalue weighted by molar-refractivity contribution is 6.18. The van der Waals surface area contributed by atoms with Crippen LogP contribution in [-0.2, 0) is 5.60 Å². The zero-order chi connectivity index (χ0) is 9.03. The number of hydrogen-bond donors (Lipinski definition) is 1. The Labute approximate surface area is 77.0 Å². The third kappa shape index (κ3) is 1.61. The summed E-state index contributed by atoms with van der Waals surface area (Å²) >= 11 is 5.55. The molecule has 0 aliphatic rings. The summed E-state index contributed by atoms with van der Waals surface area (Å²) in [4.78, 5) is 0. The molecule has 2 heteroatoms. The average Bonchev–Trinajstić information content (AvgIpc) is 2.18. The van der Waals surface area contributed by atoms with Crippen LogP contribution in [-0.4, -0.2) is 11.0 Å². The fraction of sp³-hybridized carbons (Fsp3) is 0.200. The van der Waals surface area contributed by atoms with Gasteiger partial charge in [0, 0.05) is 0 Å². The minimum absolute atomic E-state index is 0.00745. The molecule has 0 saturated carbocycles. The van der Waals surface area contributed by atoms with Crippen molar-refractivity contribution >= 4 is 11.6 Å². The van der Waals surface area contributed by atoms with E-state index in [0.717, 1.165) is 0 Å². The van der Waals surface area contributed by atoms with Gasteiger partial charge in [0.2, 0.25) is 0 Å². The van der Waals surface area contributed by atoms with E-state index < -0.39 is 5.60 Å². The molecule has 1 unspecified atom stereocenters. The molecule has 0 aromatic heterocycles. The number of terminal acetylenes is 1. The van der Waals surface area contributed by atoms with Crippen LogP contribution in [0.1, 0.15) is 5.56 Å². The first kappa shape index (κ1) is 9.12. The summed E-state index contributed by atoms with van der Waals surface area (Å²) < 4.78 is 0. The molecule has 0 spiro atoms. The zero-order valence-corrected chi connectivity index (χ0v) is 7.25. The van der Waals surface area contributed by atoms with Gasteiger partial charge in [-0.05, 0) is 5.56 Å². The number of rotatable bonds is 2. The van der Waals surface area contributed by atoms with Crippen molar-refractivity contribution < 1.29 is 5.11 Å². The predicted molar refractivity (Wildman–Crippen MR) is 49.9 cm³/mol. The topological polar surface area (TPSA) is 20.2 Å². The van der Waals surface area contributed by atoms with Crippen LogP contribution in [0.25, 0.3) is 0 Å². The lowest BCUT2D eigenvalue weighted by atomic mass is 9.97. The molecule has 1 nitrogen and oxygen atoms in total. The lowest BCUT2D eigenvalue weighted by molar-refractivity contribution is 0.126. The van der Waals surface area contributed by atoms with Crippen molar-refractivity contribution in [2.24, 2.45) is 0 Å². The van der Waals surface area contributed by atoms with Gasteiger partial charge in [-0.3, -0.25) is 0 Å². The van der Waals surface area contributed by atoms with Gasteiger partial charge in [0.25, 0.3) is 0 Å². The molecule has 1 rings (SSSR count). The van der Waals surface area contributed by atoms with Crippen LogP contribution >= 0.6 is 11.6 Å². The Hall–Kier alpha value is -0.970. The average molecular weight is 181 g/mol. The highest BCUT2D eigenvalue weighted by Crippen LogP contribution is 2.20. The minimum atomic E-state index is -1.33. The second-order valence-electron chi connectivity index (χ2n) is 2.50. The summed E-state index contributed by atoms with van der Waals surface area (Å²) in [5, 5.41) is 9.73. The molecule has 1 aromatic carbocycles. The Morgan fingerprint density at radius 1 is 1.42 bits per heavy atom. The normalized spacial score (nSPS) is 14.8. The zero-order valence-electron chi connectivity index (χ0n) is 6.50. The van der Waals surface area contributed by atoms with Gasteiger partial charge in [-0.15, -0.1) is 18.0 Å². The fourth-order valence-corrected chi connectivity index (χ4v) is 1.14. The van der Waals surface area contributed by atoms with Crippen molar-refractivity contribution in [3.63, 3.8) is 0 Å². The summed E-state index contributed by atoms with van der Waals surface area (Å²) in [5.41, 5.74) is -0.675. The van der Waals surface area contributed by atoms with Gasteiger partial charge >= 0.3 is 0 Å². The molecular formula is C10H9ClO. The fourth-order valence-electron chi connectivity index (χ4n) is 0.913. The van der Waals surface area contributed by atoms with E-state index in [9.17, 15) is 5.11 Å². The Bertz CT molecular complexity index is 288. The molecule has 0 aliphatic carbocycles. The van der Waals surface area contributed by atoms with Crippen molar-refractivity contribution in [2.75, 3.05) is 5.88 Å². The second-order valence-corrected chi connectivity index (χ2v) is 2.77. The maximum atomic E-state index is 9.73. The molecule has 0 fully saturated rings. The molecule has 0 amide bonds. The van der Waals surface area contributed by atoms with Gasteiger partial charge < -0.3 is 5.11 Å². The SMILES string of the molecule is C#CC(O)(CCl)c1ccccc1. The highest BCUT2D eigenvalue weighted by Gasteiger charge is 2.24. The molecule has 0 heterocycles. The van der Waals surface area contributed by atoms with Crippen molar-refractivity contribution in [1.29, 1.82) is 0 Å². The van der Waals surface area contributed by atoms with E-state index in [1.807, 2.05) is 18.2 Å². The van der Waals surface area contributed by atoms with Crippen LogP contribution in [0.4, 0.5) is 0 Å². The Balaban J connectivity index is 3.06. The van der Waals surface area contributed by atoms with Crippen molar-refractivity contribution in [3.05, 3.63) is 35.9 Å². The first-order valence-electron chi connectivity index (χ1n) is 3.54. The summed E-state index contributed by atoms with van der Waals surface area (Å²) in [5.74, 6) is 2.28. The summed E-state index contributed by atoms with van der Waals surface area (Å²) in [7, 11) is 0. The molecule has 0 radical (unpaired) electrons. The lowest BCUT2D eigenvalue weighted by Crippen LogP contribution is -2.25. The van der Waals surface area contributed by atoms with Crippen LogP contribution < -0.4 is 0 Å². The van der Waals surface area contributed by atoms with Crippen LogP contribution in [0.15, 0.2) is 30.3 Å². The van der Waals surface area contributed by atoms with E-state index in [2.05, 4.69) is 5.92 Å². The molecule has 0 saturated heterocycles. The minimum Gasteiger partial charge on any atom is -0.372 e. The molecule has 1 aromatic rings. The quantitative estimate of drug-likeness (QED) is 0.543. The number of hydrogen-bond acceptors (Lipinski definition) is 1. The van der Waals surface area contributed by atoms with E-state index in [0.29, 0.717) is 5.56 Å². The summed E-state index contributed by atoms with van der Waals surface area (Å²) in [6, 6.07) is 8.98. The number of benzene rings is 1. The lowest BCUT2D eigenvalue weighted by Gasteiger charge is -2.18. The van der Waals surface area contributed by atoms with Gasteiger partial charge in [-0.2, -0.15) is 0 Å². The number of alkyl halides is 1. The Kier molecular flexibility index (Phi) is 2.75. The highest BCUT2D eigenvalue weighted by atomic mass is 35.5. The summed E-state index contributed by atoms with van der Waals surface area (Å²) in [6.07, 6.45) is 5.17. The maximum Gasteiger partial charge on any atom is 0.164 e. The Morgan fingerprint density at radius 3 is 2.42 bits per heavy atom. The first-order valence-corrected chi connectivity index (χ1v) is 4.08. The molecule has 1 N–H and O–H groups in total. The van der Waals surface area contributed by atoms with Crippen LogP contribution in [0.5, 0.6) is 0 Å². The third-order valence-corrected chi connectivity index (χ3v) is 2.07. The van der Waals surface area contributed by atoms with Crippen molar-refractivity contribution in [2.45, 2.75) is 5.60 Å². The predicted octanol–water partition coefficient (Wildman–Crippen LogP) is 1.75. The Morgan fingerprint density at radius 2 is 2.00 bits per heavy atom. The first-order chi connectivity index (χ1) is 5.73. The second kappa shape index (κ2) is 3.62. The van der Waals surface area contributed by atoms with Gasteiger partial charge in [-0.1, -0.05) is 36.3 Å². The van der Waals surface area contributed by atoms with Gasteiger partial charge in [-0.25, -0.2) is 0 Å². The molecular weight excluding hydrogens is 172 g/mol. The van der Waals surface area contributed by atoms with Crippen molar-refractivity contribution in [3.8, 4) is 12.3 Å². The van der Waals surface area contributed by atoms with Crippen LogP contribution in [0.2, 0.25) is 0 Å². The smallest absolute Gasteiger partial charge is 0.164 e. The van der Waals surface area contributed by atoms with E-state index in [4.69, 9.17) is 18.0 Å². The van der Waals surface area contributed by atoms with E-state index in [1.54, 1.807) is 12.1 Å². The van der Waals surface area contributed by atoms with Gasteiger partial charge in [0.1, 0.15) is 0 Å². The van der Waals surface area contributed by atoms with E-state index in [-0.39, 0.29) is 5.88 Å². The van der Waals surface area contributed by atoms with Crippen molar-refractivity contribution in [1.82, 2.24) is 0 Å². The summed E-state index contributed by atoms with van der Waals surface area (Å²) in [6.45, 7) is 0. The van der Waals surface area contributed by atoms with E-state index in [1.165, 1.54) is 0 Å². The van der Waals surface area contributed by atoms with Gasteiger partial charge in [0.05, 0.1) is 5.88 Å². The monoisotopic (exact) mass is 180 g/mol. The standard InChI is InChI=1S/C10H9ClO/c1-2-10(12,8-11)9-6-4-3-5-7-9/h1,3-7,12H,8H2. The molecule has 1 atom stereocenters. The largest absolute Gasteiger partial charge is 0.372 e. The third-order valence-electron chi connectivity index (χ3n) is 1.68. The van der Waals surface area contributed by atoms with Gasteiger partial charge in [0.15, 0.2) is 5.60 Å². The van der Waals surface area contributed by atoms with E-state index >= 15 is 0 Å². The maximum absolute atomic E-state index is 9.73. The van der Waals surface area contributed by atoms with Crippen LogP contribution in [0.3, 0.4) is 0 Å².